The molecule has 28 heavy (non-hydrogen) atoms. The van der Waals surface area contributed by atoms with E-state index >= 15 is 0 Å². The minimum absolute atomic E-state index is 0.188. The lowest BCUT2D eigenvalue weighted by Gasteiger charge is -2.34. The second kappa shape index (κ2) is 8.15. The van der Waals surface area contributed by atoms with Crippen LogP contribution in [-0.2, 0) is 4.79 Å². The van der Waals surface area contributed by atoms with Gasteiger partial charge in [-0.05, 0) is 24.6 Å². The number of amidine groups is 1. The van der Waals surface area contributed by atoms with Gasteiger partial charge in [0.1, 0.15) is 5.70 Å². The van der Waals surface area contributed by atoms with Crippen molar-refractivity contribution in [1.82, 2.24) is 10.3 Å². The van der Waals surface area contributed by atoms with Gasteiger partial charge in [0.05, 0.1) is 5.36 Å². The predicted octanol–water partition coefficient (Wildman–Crippen LogP) is 3.67. The van der Waals surface area contributed by atoms with E-state index in [9.17, 15) is 4.79 Å². The molecule has 0 aliphatic carbocycles. The molecule has 2 aliphatic rings. The zero-order valence-corrected chi connectivity index (χ0v) is 17.5. The van der Waals surface area contributed by atoms with Crippen molar-refractivity contribution >= 4 is 51.7 Å². The molecule has 1 amide bonds. The van der Waals surface area contributed by atoms with Crippen molar-refractivity contribution in [2.45, 2.75) is 25.9 Å². The fraction of sp³-hybridized carbons (Fsp3) is 0.250. The highest BCUT2D eigenvalue weighted by molar-refractivity contribution is 8.13. The molecule has 0 unspecified atom stereocenters. The molecule has 0 fully saturated rings. The van der Waals surface area contributed by atoms with Crippen LogP contribution in [0.15, 0.2) is 52.6 Å². The number of amides is 1. The number of halogens is 2. The molecule has 0 spiro atoms. The fourth-order valence-electron chi connectivity index (χ4n) is 3.12. The van der Waals surface area contributed by atoms with Gasteiger partial charge in [-0.3, -0.25) is 15.1 Å². The monoisotopic (exact) mass is 432 g/mol. The third kappa shape index (κ3) is 3.64. The van der Waals surface area contributed by atoms with Crippen LogP contribution in [0.3, 0.4) is 0 Å². The van der Waals surface area contributed by atoms with Crippen LogP contribution >= 0.6 is 35.0 Å². The number of hydrazone groups is 1. The van der Waals surface area contributed by atoms with E-state index in [1.807, 2.05) is 30.3 Å². The summed E-state index contributed by atoms with van der Waals surface area (Å²) in [5.74, 6) is 0.699. The van der Waals surface area contributed by atoms with E-state index in [4.69, 9.17) is 33.3 Å². The topological polar surface area (TPSA) is 57.1 Å². The lowest BCUT2D eigenvalue weighted by molar-refractivity contribution is -0.116. The van der Waals surface area contributed by atoms with Crippen molar-refractivity contribution < 1.29 is 4.79 Å². The first kappa shape index (κ1) is 19.3. The van der Waals surface area contributed by atoms with Crippen LogP contribution in [0.4, 0.5) is 0 Å². The van der Waals surface area contributed by atoms with Gasteiger partial charge in [-0.15, -0.1) is 5.10 Å². The zero-order valence-electron chi connectivity index (χ0n) is 15.2. The minimum Gasteiger partial charge on any atom is -0.298 e. The van der Waals surface area contributed by atoms with Crippen molar-refractivity contribution in [2.75, 3.05) is 5.75 Å². The number of unbranched alkanes of at least 4 members (excludes halogenated alkanes) is 1. The largest absolute Gasteiger partial charge is 0.298 e. The Morgan fingerprint density at radius 2 is 2.04 bits per heavy atom. The highest BCUT2D eigenvalue weighted by atomic mass is 35.5. The van der Waals surface area contributed by atoms with Crippen molar-refractivity contribution in [3.63, 3.8) is 0 Å². The Kier molecular flexibility index (Phi) is 5.62. The molecule has 5 nitrogen and oxygen atoms in total. The fourth-order valence-corrected chi connectivity index (χ4v) is 4.56. The smallest absolute Gasteiger partial charge is 0.276 e. The van der Waals surface area contributed by atoms with Gasteiger partial charge in [0.15, 0.2) is 11.3 Å². The number of hydrogen-bond donors (Lipinski definition) is 1. The Hall–Kier alpha value is -2.02. The van der Waals surface area contributed by atoms with Crippen molar-refractivity contribution in [3.05, 3.63) is 68.6 Å². The van der Waals surface area contributed by atoms with Gasteiger partial charge < -0.3 is 0 Å². The summed E-state index contributed by atoms with van der Waals surface area (Å²) >= 11 is 14.1. The molecule has 1 N–H and O–H groups in total. The summed E-state index contributed by atoms with van der Waals surface area (Å²) in [6, 6.07) is 12.8. The Bertz CT molecular complexity index is 1090. The van der Waals surface area contributed by atoms with Gasteiger partial charge in [0, 0.05) is 26.6 Å². The van der Waals surface area contributed by atoms with Gasteiger partial charge in [-0.2, -0.15) is 0 Å². The maximum Gasteiger partial charge on any atom is 0.276 e. The normalized spacial score (nSPS) is 18.0. The first-order chi connectivity index (χ1) is 13.6. The summed E-state index contributed by atoms with van der Waals surface area (Å²) in [5.41, 5.74) is 1.22. The van der Waals surface area contributed by atoms with Crippen LogP contribution < -0.4 is 15.9 Å². The van der Waals surface area contributed by atoms with Gasteiger partial charge >= 0.3 is 0 Å². The molecule has 144 valence electrons. The van der Waals surface area contributed by atoms with Gasteiger partial charge in [-0.25, -0.2) is 5.01 Å². The number of rotatable bonds is 4. The van der Waals surface area contributed by atoms with Crippen LogP contribution in [0.5, 0.6) is 0 Å². The molecule has 0 bridgehead atoms. The van der Waals surface area contributed by atoms with E-state index in [1.54, 1.807) is 17.1 Å². The number of carbonyl (C=O) groups excluding carboxylic acids is 1. The molecule has 2 aromatic rings. The van der Waals surface area contributed by atoms with Crippen LogP contribution in [0.1, 0.15) is 31.5 Å². The Labute approximate surface area is 177 Å². The molecule has 1 atom stereocenters. The third-order valence-electron chi connectivity index (χ3n) is 4.49. The standard InChI is InChI=1S/C20H18Cl2N4OS/c1-2-3-10-28-20-24-19(27)17-14-6-4-5-7-16(14)23-18(26(17)25-20)13-9-8-12(21)11-15(13)22/h4-9,11,18H,2-3,10H2,1H3,(H,24,25,27)/t18-/m1/s1. The summed E-state index contributed by atoms with van der Waals surface area (Å²) in [6.45, 7) is 2.13. The van der Waals surface area contributed by atoms with E-state index in [1.165, 1.54) is 11.8 Å². The number of thioether (sulfide) groups is 1. The second-order valence-electron chi connectivity index (χ2n) is 6.44. The first-order valence-corrected chi connectivity index (χ1v) is 10.8. The summed E-state index contributed by atoms with van der Waals surface area (Å²) in [6.07, 6.45) is 1.60. The van der Waals surface area contributed by atoms with Gasteiger partial charge in [0.25, 0.3) is 5.91 Å². The van der Waals surface area contributed by atoms with Crippen LogP contribution in [-0.4, -0.2) is 21.8 Å². The maximum absolute atomic E-state index is 13.0. The quantitative estimate of drug-likeness (QED) is 0.749. The van der Waals surface area contributed by atoms with E-state index in [0.717, 1.165) is 34.7 Å². The number of nitrogens with zero attached hydrogens (tertiary/aromatic N) is 3. The van der Waals surface area contributed by atoms with Crippen LogP contribution in [0.25, 0.3) is 5.70 Å². The lowest BCUT2D eigenvalue weighted by Crippen LogP contribution is -2.50. The molecular formula is C20H18Cl2N4OS. The number of para-hydroxylation sites is 1. The molecule has 0 aromatic heterocycles. The van der Waals surface area contributed by atoms with E-state index in [-0.39, 0.29) is 5.91 Å². The second-order valence-corrected chi connectivity index (χ2v) is 8.37. The number of hydrogen-bond acceptors (Lipinski definition) is 5. The number of nitrogens with one attached hydrogen (secondary N) is 1. The van der Waals surface area contributed by atoms with Crippen molar-refractivity contribution in [2.24, 2.45) is 10.1 Å². The molecule has 4 rings (SSSR count). The highest BCUT2D eigenvalue weighted by Crippen LogP contribution is 2.35. The zero-order chi connectivity index (χ0) is 19.7. The molecule has 2 heterocycles. The lowest BCUT2D eigenvalue weighted by atomic mass is 10.1. The number of carbonyl (C=O) groups is 1. The first-order valence-electron chi connectivity index (χ1n) is 9.02. The highest BCUT2D eigenvalue weighted by Gasteiger charge is 2.35. The van der Waals surface area contributed by atoms with E-state index < -0.39 is 6.17 Å². The maximum atomic E-state index is 13.0. The van der Waals surface area contributed by atoms with E-state index in [0.29, 0.717) is 20.9 Å². The molecule has 2 aromatic carbocycles. The summed E-state index contributed by atoms with van der Waals surface area (Å²) in [4.78, 5) is 17.8. The summed E-state index contributed by atoms with van der Waals surface area (Å²) < 4.78 is 0. The van der Waals surface area contributed by atoms with Crippen LogP contribution in [0.2, 0.25) is 10.0 Å². The van der Waals surface area contributed by atoms with Gasteiger partial charge in [0.2, 0.25) is 0 Å². The molecular weight excluding hydrogens is 415 g/mol. The Morgan fingerprint density at radius 3 is 2.82 bits per heavy atom. The molecule has 0 saturated heterocycles. The average molecular weight is 433 g/mol. The van der Waals surface area contributed by atoms with E-state index in [2.05, 4.69) is 12.2 Å². The third-order valence-corrected chi connectivity index (χ3v) is 6.01. The molecule has 0 saturated carbocycles. The number of benzene rings is 2. The molecule has 8 heteroatoms. The Morgan fingerprint density at radius 1 is 1.21 bits per heavy atom. The average Bonchev–Trinajstić information content (AvgIpc) is 2.67. The summed E-state index contributed by atoms with van der Waals surface area (Å²) in [7, 11) is 0. The van der Waals surface area contributed by atoms with Crippen molar-refractivity contribution in [3.8, 4) is 0 Å². The Balaban J connectivity index is 1.86. The SMILES string of the molecule is CCCCSC1=NN2C(=c3ccccc3=N[C@H]2c2ccc(Cl)cc2Cl)C(=O)N1. The summed E-state index contributed by atoms with van der Waals surface area (Å²) in [5, 5.41) is 12.4. The van der Waals surface area contributed by atoms with Crippen LogP contribution in [0, 0.1) is 0 Å². The molecule has 0 radical (unpaired) electrons. The predicted molar refractivity (Wildman–Crippen MR) is 115 cm³/mol. The molecule has 2 aliphatic heterocycles. The number of fused-ring (bicyclic) bond motifs is 2. The van der Waals surface area contributed by atoms with Crippen molar-refractivity contribution in [1.29, 1.82) is 0 Å². The van der Waals surface area contributed by atoms with Gasteiger partial charge in [-0.1, -0.05) is 72.6 Å². The minimum atomic E-state index is -0.539.